The number of likely N-dealkylation sites (tertiary alicyclic amines) is 1. The Hall–Kier alpha value is -2.17. The molecule has 33 heavy (non-hydrogen) atoms. The van der Waals surface area contributed by atoms with Gasteiger partial charge in [0.15, 0.2) is 0 Å². The zero-order chi connectivity index (χ0) is 23.6. The van der Waals surface area contributed by atoms with E-state index in [4.69, 9.17) is 9.47 Å². The van der Waals surface area contributed by atoms with Gasteiger partial charge in [-0.15, -0.1) is 0 Å². The summed E-state index contributed by atoms with van der Waals surface area (Å²) in [5.41, 5.74) is 0.301. The third kappa shape index (κ3) is 5.33. The van der Waals surface area contributed by atoms with Crippen LogP contribution in [0.15, 0.2) is 23.1 Å². The monoisotopic (exact) mass is 479 g/mol. The molecule has 2 aliphatic heterocycles. The molecular formula is C23H33N3O6S. The summed E-state index contributed by atoms with van der Waals surface area (Å²) in [6.45, 7) is 5.40. The predicted octanol–water partition coefficient (Wildman–Crippen LogP) is 2.22. The van der Waals surface area contributed by atoms with Gasteiger partial charge in [-0.3, -0.25) is 9.59 Å². The number of nitrogens with one attached hydrogen (secondary N) is 1. The first-order chi connectivity index (χ1) is 15.8. The van der Waals surface area contributed by atoms with Gasteiger partial charge in [-0.05, 0) is 44.9 Å². The van der Waals surface area contributed by atoms with Crippen LogP contribution in [0.5, 0.6) is 5.75 Å². The summed E-state index contributed by atoms with van der Waals surface area (Å²) < 4.78 is 38.7. The lowest BCUT2D eigenvalue weighted by atomic mass is 10.1. The Morgan fingerprint density at radius 1 is 1.18 bits per heavy atom. The van der Waals surface area contributed by atoms with E-state index in [1.54, 1.807) is 6.07 Å². The SMILES string of the molecule is CC(C)Oc1ccc(S(=O)(=O)N2CCOCC2)cc1NC(=O)C1CC(=O)N(C2CCCC2)C1. The fourth-order valence-electron chi connectivity index (χ4n) is 4.77. The summed E-state index contributed by atoms with van der Waals surface area (Å²) in [4.78, 5) is 27.6. The van der Waals surface area contributed by atoms with Gasteiger partial charge in [0.25, 0.3) is 0 Å². The highest BCUT2D eigenvalue weighted by atomic mass is 32.2. The van der Waals surface area contributed by atoms with Crippen LogP contribution in [0, 0.1) is 5.92 Å². The number of sulfonamides is 1. The van der Waals surface area contributed by atoms with Gasteiger partial charge in [-0.1, -0.05) is 12.8 Å². The highest BCUT2D eigenvalue weighted by Gasteiger charge is 2.39. The fourth-order valence-corrected chi connectivity index (χ4v) is 6.21. The Balaban J connectivity index is 1.54. The van der Waals surface area contributed by atoms with Crippen molar-refractivity contribution >= 4 is 27.5 Å². The van der Waals surface area contributed by atoms with Gasteiger partial charge in [0.1, 0.15) is 5.75 Å². The molecule has 9 nitrogen and oxygen atoms in total. The molecule has 3 aliphatic rings. The molecule has 1 aromatic carbocycles. The Morgan fingerprint density at radius 3 is 2.55 bits per heavy atom. The number of nitrogens with zero attached hydrogens (tertiary/aromatic N) is 2. The molecule has 1 N–H and O–H groups in total. The van der Waals surface area contributed by atoms with E-state index in [1.165, 1.54) is 16.4 Å². The number of benzene rings is 1. The maximum absolute atomic E-state index is 13.1. The first-order valence-corrected chi connectivity index (χ1v) is 13.2. The number of hydrogen-bond acceptors (Lipinski definition) is 6. The van der Waals surface area contributed by atoms with Crippen molar-refractivity contribution in [1.29, 1.82) is 0 Å². The minimum Gasteiger partial charge on any atom is -0.489 e. The van der Waals surface area contributed by atoms with Gasteiger partial charge >= 0.3 is 0 Å². The molecule has 2 saturated heterocycles. The molecule has 0 bridgehead atoms. The maximum Gasteiger partial charge on any atom is 0.243 e. The van der Waals surface area contributed by atoms with Gasteiger partial charge in [-0.25, -0.2) is 8.42 Å². The van der Waals surface area contributed by atoms with Gasteiger partial charge < -0.3 is 19.7 Å². The number of rotatable bonds is 7. The van der Waals surface area contributed by atoms with E-state index in [2.05, 4.69) is 5.32 Å². The Bertz CT molecular complexity index is 984. The Labute approximate surface area is 195 Å². The quantitative estimate of drug-likeness (QED) is 0.643. The van der Waals surface area contributed by atoms with Gasteiger partial charge in [0, 0.05) is 32.1 Å². The van der Waals surface area contributed by atoms with Crippen molar-refractivity contribution in [1.82, 2.24) is 9.21 Å². The van der Waals surface area contributed by atoms with E-state index in [9.17, 15) is 18.0 Å². The predicted molar refractivity (Wildman–Crippen MR) is 122 cm³/mol. The molecule has 1 atom stereocenters. The van der Waals surface area contributed by atoms with Crippen LogP contribution in [0.2, 0.25) is 0 Å². The molecule has 3 fully saturated rings. The summed E-state index contributed by atoms with van der Waals surface area (Å²) in [7, 11) is -3.73. The lowest BCUT2D eigenvalue weighted by Gasteiger charge is -2.26. The summed E-state index contributed by atoms with van der Waals surface area (Å²) in [6.07, 6.45) is 4.24. The molecule has 10 heteroatoms. The van der Waals surface area contributed by atoms with Gasteiger partial charge in [-0.2, -0.15) is 4.31 Å². The molecule has 1 aliphatic carbocycles. The second-order valence-corrected chi connectivity index (χ2v) is 11.2. The van der Waals surface area contributed by atoms with E-state index in [0.717, 1.165) is 25.7 Å². The second kappa shape index (κ2) is 9.99. The van der Waals surface area contributed by atoms with Gasteiger partial charge in [0.05, 0.1) is 35.8 Å². The van der Waals surface area contributed by atoms with Crippen molar-refractivity contribution in [3.8, 4) is 5.75 Å². The molecule has 0 spiro atoms. The number of morpholine rings is 1. The van der Waals surface area contributed by atoms with Crippen molar-refractivity contribution in [3.63, 3.8) is 0 Å². The van der Waals surface area contributed by atoms with E-state index in [1.807, 2.05) is 18.7 Å². The smallest absolute Gasteiger partial charge is 0.243 e. The number of carbonyl (C=O) groups is 2. The summed E-state index contributed by atoms with van der Waals surface area (Å²) in [5, 5.41) is 2.85. The maximum atomic E-state index is 13.1. The number of anilines is 1. The first kappa shape index (κ1) is 24.0. The zero-order valence-electron chi connectivity index (χ0n) is 19.3. The van der Waals surface area contributed by atoms with E-state index in [0.29, 0.717) is 31.2 Å². The minimum absolute atomic E-state index is 0.0179. The lowest BCUT2D eigenvalue weighted by Crippen LogP contribution is -2.40. The summed E-state index contributed by atoms with van der Waals surface area (Å²) >= 11 is 0. The normalized spacial score (nSPS) is 22.8. The van der Waals surface area contributed by atoms with Crippen molar-refractivity contribution < 1.29 is 27.5 Å². The Morgan fingerprint density at radius 2 is 1.88 bits per heavy atom. The van der Waals surface area contributed by atoms with Crippen LogP contribution in [0.3, 0.4) is 0 Å². The molecular weight excluding hydrogens is 446 g/mol. The topological polar surface area (TPSA) is 105 Å². The van der Waals surface area contributed by atoms with Crippen LogP contribution in [0.25, 0.3) is 0 Å². The summed E-state index contributed by atoms with van der Waals surface area (Å²) in [5.74, 6) is -0.344. The van der Waals surface area contributed by atoms with Crippen LogP contribution in [0.1, 0.15) is 46.0 Å². The largest absolute Gasteiger partial charge is 0.489 e. The molecule has 0 radical (unpaired) electrons. The Kier molecular flexibility index (Phi) is 7.25. The highest BCUT2D eigenvalue weighted by molar-refractivity contribution is 7.89. The molecule has 1 unspecified atom stereocenters. The third-order valence-corrected chi connectivity index (χ3v) is 8.37. The van der Waals surface area contributed by atoms with Crippen molar-refractivity contribution in [2.45, 2.75) is 63.0 Å². The molecule has 2 heterocycles. The average molecular weight is 480 g/mol. The molecule has 4 rings (SSSR count). The number of amides is 2. The van der Waals surface area contributed by atoms with Crippen LogP contribution in [-0.4, -0.2) is 74.4 Å². The number of hydrogen-bond donors (Lipinski definition) is 1. The van der Waals surface area contributed by atoms with Crippen LogP contribution < -0.4 is 10.1 Å². The molecule has 2 amide bonds. The molecule has 0 aromatic heterocycles. The van der Waals surface area contributed by atoms with Crippen molar-refractivity contribution in [2.75, 3.05) is 38.2 Å². The highest BCUT2D eigenvalue weighted by Crippen LogP contribution is 2.33. The van der Waals surface area contributed by atoms with E-state index in [-0.39, 0.29) is 48.4 Å². The standard InChI is InChI=1S/C23H33N3O6S/c1-16(2)32-21-8-7-19(33(29,30)25-9-11-31-12-10-25)14-20(21)24-23(28)17-13-22(27)26(15-17)18-5-3-4-6-18/h7-8,14,16-18H,3-6,9-13,15H2,1-2H3,(H,24,28). The van der Waals surface area contributed by atoms with Gasteiger partial charge in [0.2, 0.25) is 21.8 Å². The average Bonchev–Trinajstić information content (AvgIpc) is 3.44. The molecule has 1 saturated carbocycles. The third-order valence-electron chi connectivity index (χ3n) is 6.47. The summed E-state index contributed by atoms with van der Waals surface area (Å²) in [6, 6.07) is 4.76. The minimum atomic E-state index is -3.73. The first-order valence-electron chi connectivity index (χ1n) is 11.7. The molecule has 1 aromatic rings. The lowest BCUT2D eigenvalue weighted by molar-refractivity contribution is -0.129. The second-order valence-electron chi connectivity index (χ2n) is 9.22. The van der Waals surface area contributed by atoms with Crippen molar-refractivity contribution in [2.24, 2.45) is 5.92 Å². The van der Waals surface area contributed by atoms with Crippen molar-refractivity contribution in [3.05, 3.63) is 18.2 Å². The van der Waals surface area contributed by atoms with Crippen LogP contribution in [0.4, 0.5) is 5.69 Å². The van der Waals surface area contributed by atoms with Crippen LogP contribution >= 0.6 is 0 Å². The van der Waals surface area contributed by atoms with E-state index >= 15 is 0 Å². The number of carbonyl (C=O) groups excluding carboxylic acids is 2. The van der Waals surface area contributed by atoms with E-state index < -0.39 is 15.9 Å². The number of ether oxygens (including phenoxy) is 2. The molecule has 182 valence electrons. The fraction of sp³-hybridized carbons (Fsp3) is 0.652. The van der Waals surface area contributed by atoms with Crippen LogP contribution in [-0.2, 0) is 24.3 Å². The zero-order valence-corrected chi connectivity index (χ0v) is 20.1.